The molecular formula is C15H27ClN4O. The quantitative estimate of drug-likeness (QED) is 0.802. The van der Waals surface area contributed by atoms with Gasteiger partial charge in [0.2, 0.25) is 5.28 Å². The van der Waals surface area contributed by atoms with Gasteiger partial charge < -0.3 is 9.30 Å². The SMILES string of the molecule is CN(Cc1cnc(Cl)n1C)CC(C)(C)CN1CCOCC1. The zero-order chi connectivity index (χ0) is 15.5. The molecule has 1 fully saturated rings. The standard InChI is InChI=1S/C15H27ClN4O/c1-15(2,12-20-5-7-21-8-6-20)11-18(3)10-13-9-17-14(16)19(13)4/h9H,5-8,10-12H2,1-4H3. The predicted octanol–water partition coefficient (Wildman–Crippen LogP) is 1.86. The summed E-state index contributed by atoms with van der Waals surface area (Å²) in [6, 6.07) is 0. The van der Waals surface area contributed by atoms with Crippen molar-refractivity contribution in [3.8, 4) is 0 Å². The number of hydrogen-bond acceptors (Lipinski definition) is 4. The van der Waals surface area contributed by atoms with Crippen molar-refractivity contribution in [2.45, 2.75) is 20.4 Å². The summed E-state index contributed by atoms with van der Waals surface area (Å²) in [5.41, 5.74) is 1.39. The van der Waals surface area contributed by atoms with E-state index in [9.17, 15) is 0 Å². The number of hydrogen-bond donors (Lipinski definition) is 0. The van der Waals surface area contributed by atoms with Crippen molar-refractivity contribution in [3.63, 3.8) is 0 Å². The minimum atomic E-state index is 0.245. The summed E-state index contributed by atoms with van der Waals surface area (Å²) in [6.07, 6.45) is 1.85. The molecule has 0 spiro atoms. The van der Waals surface area contributed by atoms with Gasteiger partial charge in [-0.1, -0.05) is 13.8 Å². The lowest BCUT2D eigenvalue weighted by Gasteiger charge is -2.37. The topological polar surface area (TPSA) is 33.5 Å². The number of morpholine rings is 1. The first-order chi connectivity index (χ1) is 9.87. The average molecular weight is 315 g/mol. The normalized spacial score (nSPS) is 17.6. The van der Waals surface area contributed by atoms with Crippen LogP contribution in [0.25, 0.3) is 0 Å². The van der Waals surface area contributed by atoms with Crippen LogP contribution in [0.2, 0.25) is 5.28 Å². The van der Waals surface area contributed by atoms with Crippen LogP contribution in [0.1, 0.15) is 19.5 Å². The molecule has 1 aliphatic heterocycles. The maximum atomic E-state index is 5.99. The van der Waals surface area contributed by atoms with Crippen LogP contribution in [0.15, 0.2) is 6.20 Å². The molecule has 0 bridgehead atoms. The Balaban J connectivity index is 1.85. The Morgan fingerprint density at radius 2 is 2.05 bits per heavy atom. The third-order valence-electron chi connectivity index (χ3n) is 3.91. The molecule has 0 unspecified atom stereocenters. The Hall–Kier alpha value is -0.620. The molecule has 0 amide bonds. The first-order valence-corrected chi connectivity index (χ1v) is 7.90. The third kappa shape index (κ3) is 4.95. The lowest BCUT2D eigenvalue weighted by atomic mass is 9.91. The largest absolute Gasteiger partial charge is 0.379 e. The molecule has 2 heterocycles. The molecule has 1 aromatic rings. The van der Waals surface area contributed by atoms with Crippen LogP contribution in [-0.2, 0) is 18.3 Å². The first kappa shape index (κ1) is 16.7. The van der Waals surface area contributed by atoms with E-state index in [0.29, 0.717) is 5.28 Å². The van der Waals surface area contributed by atoms with E-state index in [4.69, 9.17) is 16.3 Å². The lowest BCUT2D eigenvalue weighted by Crippen LogP contribution is -2.45. The zero-order valence-electron chi connectivity index (χ0n) is 13.6. The molecule has 6 heteroatoms. The van der Waals surface area contributed by atoms with Gasteiger partial charge >= 0.3 is 0 Å². The van der Waals surface area contributed by atoms with Crippen molar-refractivity contribution in [1.82, 2.24) is 19.4 Å². The molecule has 1 aromatic heterocycles. The fourth-order valence-electron chi connectivity index (χ4n) is 3.04. The van der Waals surface area contributed by atoms with Gasteiger partial charge in [0.1, 0.15) is 0 Å². The fourth-order valence-corrected chi connectivity index (χ4v) is 3.20. The van der Waals surface area contributed by atoms with E-state index in [1.165, 1.54) is 0 Å². The highest BCUT2D eigenvalue weighted by atomic mass is 35.5. The van der Waals surface area contributed by atoms with Gasteiger partial charge in [-0.25, -0.2) is 4.98 Å². The lowest BCUT2D eigenvalue weighted by molar-refractivity contribution is 0.0160. The second kappa shape index (κ2) is 7.09. The van der Waals surface area contributed by atoms with Crippen molar-refractivity contribution in [2.75, 3.05) is 46.4 Å². The smallest absolute Gasteiger partial charge is 0.202 e. The number of aromatic nitrogens is 2. The highest BCUT2D eigenvalue weighted by Crippen LogP contribution is 2.20. The average Bonchev–Trinajstić information content (AvgIpc) is 2.70. The molecule has 0 saturated carbocycles. The number of ether oxygens (including phenoxy) is 1. The van der Waals surface area contributed by atoms with E-state index < -0.39 is 0 Å². The summed E-state index contributed by atoms with van der Waals surface area (Å²) < 4.78 is 7.35. The summed E-state index contributed by atoms with van der Waals surface area (Å²) in [6.45, 7) is 11.5. The van der Waals surface area contributed by atoms with Crippen LogP contribution in [0.3, 0.4) is 0 Å². The maximum Gasteiger partial charge on any atom is 0.202 e. The number of rotatable bonds is 6. The van der Waals surface area contributed by atoms with E-state index in [0.717, 1.165) is 51.6 Å². The Bertz CT molecular complexity index is 455. The van der Waals surface area contributed by atoms with Crippen molar-refractivity contribution in [3.05, 3.63) is 17.2 Å². The zero-order valence-corrected chi connectivity index (χ0v) is 14.4. The summed E-state index contributed by atoms with van der Waals surface area (Å²) in [4.78, 5) is 8.98. The third-order valence-corrected chi connectivity index (χ3v) is 4.26. The van der Waals surface area contributed by atoms with Crippen LogP contribution < -0.4 is 0 Å². The minimum Gasteiger partial charge on any atom is -0.379 e. The number of imidazole rings is 1. The first-order valence-electron chi connectivity index (χ1n) is 7.52. The van der Waals surface area contributed by atoms with Gasteiger partial charge in [0, 0.05) is 39.8 Å². The number of nitrogens with zero attached hydrogens (tertiary/aromatic N) is 4. The minimum absolute atomic E-state index is 0.245. The van der Waals surface area contributed by atoms with Gasteiger partial charge in [0.05, 0.1) is 25.1 Å². The Labute approximate surface area is 132 Å². The van der Waals surface area contributed by atoms with E-state index in [1.807, 2.05) is 17.8 Å². The molecule has 21 heavy (non-hydrogen) atoms. The molecule has 1 aliphatic rings. The summed E-state index contributed by atoms with van der Waals surface area (Å²) in [7, 11) is 4.11. The van der Waals surface area contributed by atoms with Gasteiger partial charge in [-0.3, -0.25) is 9.80 Å². The molecular weight excluding hydrogens is 288 g/mol. The van der Waals surface area contributed by atoms with E-state index in [-0.39, 0.29) is 5.41 Å². The predicted molar refractivity (Wildman–Crippen MR) is 85.6 cm³/mol. The molecule has 0 aliphatic carbocycles. The molecule has 120 valence electrons. The Morgan fingerprint density at radius 3 is 2.62 bits per heavy atom. The van der Waals surface area contributed by atoms with Gasteiger partial charge in [0.25, 0.3) is 0 Å². The van der Waals surface area contributed by atoms with Gasteiger partial charge in [0.15, 0.2) is 0 Å². The Kier molecular flexibility index (Phi) is 5.66. The maximum absolute atomic E-state index is 5.99. The van der Waals surface area contributed by atoms with Crippen molar-refractivity contribution in [1.29, 1.82) is 0 Å². The molecule has 1 saturated heterocycles. The van der Waals surface area contributed by atoms with E-state index in [1.54, 1.807) is 0 Å². The van der Waals surface area contributed by atoms with E-state index in [2.05, 4.69) is 35.7 Å². The van der Waals surface area contributed by atoms with Gasteiger partial charge in [-0.2, -0.15) is 0 Å². The van der Waals surface area contributed by atoms with E-state index >= 15 is 0 Å². The van der Waals surface area contributed by atoms with Gasteiger partial charge in [-0.15, -0.1) is 0 Å². The summed E-state index contributed by atoms with van der Waals surface area (Å²) in [5.74, 6) is 0. The molecule has 0 atom stereocenters. The van der Waals surface area contributed by atoms with Crippen molar-refractivity contribution in [2.24, 2.45) is 12.5 Å². The van der Waals surface area contributed by atoms with Crippen molar-refractivity contribution >= 4 is 11.6 Å². The highest BCUT2D eigenvalue weighted by molar-refractivity contribution is 6.28. The molecule has 5 nitrogen and oxygen atoms in total. The van der Waals surface area contributed by atoms with Crippen molar-refractivity contribution < 1.29 is 4.74 Å². The monoisotopic (exact) mass is 314 g/mol. The van der Waals surface area contributed by atoms with Crippen LogP contribution in [0.5, 0.6) is 0 Å². The molecule has 0 N–H and O–H groups in total. The van der Waals surface area contributed by atoms with Crippen LogP contribution in [0, 0.1) is 5.41 Å². The highest BCUT2D eigenvalue weighted by Gasteiger charge is 2.25. The number of halogens is 1. The fraction of sp³-hybridized carbons (Fsp3) is 0.800. The molecule has 0 radical (unpaired) electrons. The summed E-state index contributed by atoms with van der Waals surface area (Å²) in [5, 5.41) is 0.547. The van der Waals surface area contributed by atoms with Crippen LogP contribution in [0.4, 0.5) is 0 Å². The molecule has 0 aromatic carbocycles. The second-order valence-electron chi connectivity index (χ2n) is 6.80. The summed E-state index contributed by atoms with van der Waals surface area (Å²) >= 11 is 5.99. The van der Waals surface area contributed by atoms with Gasteiger partial charge in [-0.05, 0) is 24.1 Å². The van der Waals surface area contributed by atoms with Crippen LogP contribution in [-0.4, -0.2) is 65.8 Å². The Morgan fingerprint density at radius 1 is 1.38 bits per heavy atom. The second-order valence-corrected chi connectivity index (χ2v) is 7.14. The molecule has 2 rings (SSSR count). The van der Waals surface area contributed by atoms with Crippen LogP contribution >= 0.6 is 11.6 Å².